The summed E-state index contributed by atoms with van der Waals surface area (Å²) >= 11 is 0. The minimum absolute atomic E-state index is 0.0667. The number of rotatable bonds is 3. The average Bonchev–Trinajstić information content (AvgIpc) is 2.89. The molecule has 9 heteroatoms. The van der Waals surface area contributed by atoms with Gasteiger partial charge in [0.1, 0.15) is 0 Å². The zero-order valence-corrected chi connectivity index (χ0v) is 10.7. The van der Waals surface area contributed by atoms with Crippen LogP contribution in [0.15, 0.2) is 36.3 Å². The molecule has 0 bridgehead atoms. The Morgan fingerprint density at radius 1 is 1.38 bits per heavy atom. The van der Waals surface area contributed by atoms with Gasteiger partial charge in [0.15, 0.2) is 11.5 Å². The lowest BCUT2D eigenvalue weighted by Gasteiger charge is -2.02. The molecule has 0 fully saturated rings. The van der Waals surface area contributed by atoms with Crippen LogP contribution in [0.1, 0.15) is 18.2 Å². The van der Waals surface area contributed by atoms with Crippen molar-refractivity contribution in [3.63, 3.8) is 0 Å². The van der Waals surface area contributed by atoms with Crippen molar-refractivity contribution in [3.8, 4) is 5.82 Å². The second-order valence-corrected chi connectivity index (χ2v) is 4.14. The maximum absolute atomic E-state index is 12.4. The minimum Gasteiger partial charge on any atom is -0.259 e. The van der Waals surface area contributed by atoms with E-state index in [1.165, 1.54) is 31.3 Å². The number of pyridine rings is 1. The van der Waals surface area contributed by atoms with Crippen LogP contribution in [-0.4, -0.2) is 19.7 Å². The lowest BCUT2D eigenvalue weighted by molar-refractivity contribution is -0.422. The monoisotopic (exact) mass is 298 g/mol. The molecule has 0 atom stereocenters. The summed E-state index contributed by atoms with van der Waals surface area (Å²) in [5.41, 5.74) is -0.614. The number of hydrogen-bond acceptors (Lipinski definition) is 4. The van der Waals surface area contributed by atoms with E-state index in [4.69, 9.17) is 0 Å². The molecule has 0 aliphatic rings. The molecule has 6 nitrogen and oxygen atoms in total. The Morgan fingerprint density at radius 3 is 2.57 bits per heavy atom. The lowest BCUT2D eigenvalue weighted by Crippen LogP contribution is -2.07. The molecule has 2 aromatic rings. The highest BCUT2D eigenvalue weighted by Crippen LogP contribution is 2.27. The van der Waals surface area contributed by atoms with E-state index in [1.807, 2.05) is 0 Å². The van der Waals surface area contributed by atoms with E-state index >= 15 is 0 Å². The van der Waals surface area contributed by atoms with Gasteiger partial charge in [0, 0.05) is 25.4 Å². The Balaban J connectivity index is 2.25. The van der Waals surface area contributed by atoms with Gasteiger partial charge in [-0.1, -0.05) is 0 Å². The van der Waals surface area contributed by atoms with Gasteiger partial charge >= 0.3 is 6.18 Å². The van der Waals surface area contributed by atoms with Crippen molar-refractivity contribution in [3.05, 3.63) is 57.7 Å². The van der Waals surface area contributed by atoms with E-state index in [9.17, 15) is 23.3 Å². The van der Waals surface area contributed by atoms with Crippen molar-refractivity contribution < 1.29 is 18.1 Å². The van der Waals surface area contributed by atoms with Gasteiger partial charge in [0.25, 0.3) is 0 Å². The van der Waals surface area contributed by atoms with E-state index in [1.54, 1.807) is 0 Å². The quantitative estimate of drug-likeness (QED) is 0.645. The highest BCUT2D eigenvalue weighted by atomic mass is 19.4. The van der Waals surface area contributed by atoms with Gasteiger partial charge in [-0.25, -0.2) is 9.67 Å². The van der Waals surface area contributed by atoms with E-state index in [-0.39, 0.29) is 11.5 Å². The molecule has 0 aliphatic heterocycles. The van der Waals surface area contributed by atoms with Crippen molar-refractivity contribution in [2.75, 3.05) is 0 Å². The summed E-state index contributed by atoms with van der Waals surface area (Å²) in [6.07, 6.45) is -0.752. The largest absolute Gasteiger partial charge is 0.435 e. The Kier molecular flexibility index (Phi) is 3.74. The van der Waals surface area contributed by atoms with Crippen molar-refractivity contribution in [2.45, 2.75) is 13.1 Å². The van der Waals surface area contributed by atoms with Crippen LogP contribution in [0.3, 0.4) is 0 Å². The van der Waals surface area contributed by atoms with Crippen LogP contribution in [0, 0.1) is 10.1 Å². The summed E-state index contributed by atoms with van der Waals surface area (Å²) < 4.78 is 38.3. The standard InChI is InChI=1S/C12H9F3N4O2/c1-8(19(20)21)6-9-2-3-11(16-7-9)18-5-4-10(17-18)12(13,14)15/h2-7H,1H3. The van der Waals surface area contributed by atoms with Crippen LogP contribution in [0.25, 0.3) is 11.9 Å². The molecule has 0 saturated heterocycles. The summed E-state index contributed by atoms with van der Waals surface area (Å²) in [5, 5.41) is 13.9. The molecule has 0 saturated carbocycles. The number of alkyl halides is 3. The van der Waals surface area contributed by atoms with Gasteiger partial charge in [0.2, 0.25) is 5.70 Å². The number of halogens is 3. The molecular weight excluding hydrogens is 289 g/mol. The summed E-state index contributed by atoms with van der Waals surface area (Å²) in [7, 11) is 0. The highest BCUT2D eigenvalue weighted by Gasteiger charge is 2.33. The van der Waals surface area contributed by atoms with E-state index in [0.29, 0.717) is 5.56 Å². The molecule has 0 radical (unpaired) electrons. The second kappa shape index (κ2) is 5.35. The molecular formula is C12H9F3N4O2. The normalized spacial score (nSPS) is 12.5. The van der Waals surface area contributed by atoms with Gasteiger partial charge in [-0.2, -0.15) is 18.3 Å². The number of hydrogen-bond donors (Lipinski definition) is 0. The summed E-state index contributed by atoms with van der Waals surface area (Å²) in [6.45, 7) is 1.33. The molecule has 0 aromatic carbocycles. The summed E-state index contributed by atoms with van der Waals surface area (Å²) in [6, 6.07) is 3.77. The van der Waals surface area contributed by atoms with Crippen LogP contribution in [0.5, 0.6) is 0 Å². The van der Waals surface area contributed by atoms with Crippen LogP contribution < -0.4 is 0 Å². The van der Waals surface area contributed by atoms with Crippen molar-refractivity contribution >= 4 is 6.08 Å². The van der Waals surface area contributed by atoms with E-state index in [2.05, 4.69) is 10.1 Å². The SMILES string of the molecule is CC(=Cc1ccc(-n2ccc(C(F)(F)F)n2)nc1)[N+](=O)[O-]. The van der Waals surface area contributed by atoms with Gasteiger partial charge in [-0.15, -0.1) is 0 Å². The topological polar surface area (TPSA) is 73.8 Å². The van der Waals surface area contributed by atoms with Crippen LogP contribution in [0.4, 0.5) is 13.2 Å². The third kappa shape index (κ3) is 3.44. The van der Waals surface area contributed by atoms with Crippen molar-refractivity contribution in [2.24, 2.45) is 0 Å². The number of nitro groups is 1. The number of allylic oxidation sites excluding steroid dienone is 1. The van der Waals surface area contributed by atoms with Crippen LogP contribution >= 0.6 is 0 Å². The Hall–Kier alpha value is -2.71. The first-order valence-corrected chi connectivity index (χ1v) is 5.69. The van der Waals surface area contributed by atoms with Crippen LogP contribution in [-0.2, 0) is 6.18 Å². The molecule has 2 rings (SSSR count). The maximum atomic E-state index is 12.4. The molecule has 0 amide bonds. The summed E-state index contributed by atoms with van der Waals surface area (Å²) in [4.78, 5) is 13.9. The van der Waals surface area contributed by atoms with Gasteiger partial charge in [-0.05, 0) is 23.8 Å². The molecule has 110 valence electrons. The summed E-state index contributed by atoms with van der Waals surface area (Å²) in [5.74, 6) is 0.182. The molecule has 0 aliphatic carbocycles. The first-order chi connectivity index (χ1) is 9.77. The minimum atomic E-state index is -4.52. The lowest BCUT2D eigenvalue weighted by atomic mass is 10.2. The Labute approximate surface area is 116 Å². The fourth-order valence-corrected chi connectivity index (χ4v) is 1.52. The molecule has 2 heterocycles. The fraction of sp³-hybridized carbons (Fsp3) is 0.167. The Morgan fingerprint density at radius 2 is 2.10 bits per heavy atom. The highest BCUT2D eigenvalue weighted by molar-refractivity contribution is 5.50. The zero-order chi connectivity index (χ0) is 15.6. The third-order valence-electron chi connectivity index (χ3n) is 2.55. The third-order valence-corrected chi connectivity index (χ3v) is 2.55. The molecule has 2 aromatic heterocycles. The second-order valence-electron chi connectivity index (χ2n) is 4.14. The predicted molar refractivity (Wildman–Crippen MR) is 67.0 cm³/mol. The van der Waals surface area contributed by atoms with Crippen molar-refractivity contribution in [1.82, 2.24) is 14.8 Å². The molecule has 21 heavy (non-hydrogen) atoms. The molecule has 0 N–H and O–H groups in total. The molecule has 0 unspecified atom stereocenters. The average molecular weight is 298 g/mol. The zero-order valence-electron chi connectivity index (χ0n) is 10.7. The van der Waals surface area contributed by atoms with E-state index in [0.717, 1.165) is 16.9 Å². The smallest absolute Gasteiger partial charge is 0.259 e. The molecule has 0 spiro atoms. The first-order valence-electron chi connectivity index (χ1n) is 5.69. The van der Waals surface area contributed by atoms with E-state index < -0.39 is 16.8 Å². The Bertz CT molecular complexity index is 689. The van der Waals surface area contributed by atoms with Crippen LogP contribution in [0.2, 0.25) is 0 Å². The van der Waals surface area contributed by atoms with Crippen molar-refractivity contribution in [1.29, 1.82) is 0 Å². The number of aromatic nitrogens is 3. The predicted octanol–water partition coefficient (Wildman–Crippen LogP) is 2.92. The maximum Gasteiger partial charge on any atom is 0.435 e. The first kappa shape index (κ1) is 14.7. The van der Waals surface area contributed by atoms with Gasteiger partial charge in [0.05, 0.1) is 4.92 Å². The van der Waals surface area contributed by atoms with Gasteiger partial charge in [-0.3, -0.25) is 10.1 Å². The fourth-order valence-electron chi connectivity index (χ4n) is 1.52. The van der Waals surface area contributed by atoms with Gasteiger partial charge < -0.3 is 0 Å². The number of nitrogens with zero attached hydrogens (tertiary/aromatic N) is 4.